The first-order chi connectivity index (χ1) is 10.1. The van der Waals surface area contributed by atoms with Crippen molar-refractivity contribution in [3.05, 3.63) is 0 Å². The Morgan fingerprint density at radius 2 is 1.86 bits per heavy atom. The lowest BCUT2D eigenvalue weighted by atomic mass is 10.0. The third-order valence-corrected chi connectivity index (χ3v) is 3.77. The molecule has 0 bridgehead atoms. The molecule has 6 nitrogen and oxygen atoms in total. The average Bonchev–Trinajstić information content (AvgIpc) is 2.58. The van der Waals surface area contributed by atoms with Gasteiger partial charge in [0, 0.05) is 19.1 Å². The molecule has 1 aliphatic rings. The fourth-order valence-corrected chi connectivity index (χ4v) is 2.63. The maximum absolute atomic E-state index is 12.1. The minimum Gasteiger partial charge on any atom is -0.444 e. The number of nitrogens with two attached hydrogens (primary N) is 1. The molecule has 0 spiro atoms. The second-order valence-corrected chi connectivity index (χ2v) is 7.39. The van der Waals surface area contributed by atoms with E-state index in [9.17, 15) is 9.59 Å². The van der Waals surface area contributed by atoms with Gasteiger partial charge in [-0.3, -0.25) is 4.79 Å². The summed E-state index contributed by atoms with van der Waals surface area (Å²) in [6.45, 7) is 10.9. The number of carbonyl (C=O) groups excluding carboxylic acids is 2. The second kappa shape index (κ2) is 7.81. The van der Waals surface area contributed by atoms with Gasteiger partial charge in [0.2, 0.25) is 5.91 Å². The van der Waals surface area contributed by atoms with E-state index in [4.69, 9.17) is 10.5 Å². The Balaban J connectivity index is 2.55. The molecule has 0 aromatic heterocycles. The highest BCUT2D eigenvalue weighted by atomic mass is 16.6. The summed E-state index contributed by atoms with van der Waals surface area (Å²) in [5.74, 6) is -0.161. The molecule has 2 amide bonds. The lowest BCUT2D eigenvalue weighted by Gasteiger charge is -2.27. The van der Waals surface area contributed by atoms with Crippen LogP contribution in [0, 0.1) is 5.92 Å². The minimum atomic E-state index is -0.476. The number of nitrogens with zero attached hydrogens (tertiary/aromatic N) is 1. The van der Waals surface area contributed by atoms with Crippen molar-refractivity contribution in [1.29, 1.82) is 0 Å². The quantitative estimate of drug-likeness (QED) is 0.830. The number of hydrogen-bond donors (Lipinski definition) is 2. The van der Waals surface area contributed by atoms with Crippen molar-refractivity contribution in [2.45, 2.75) is 71.6 Å². The number of rotatable bonds is 4. The maximum atomic E-state index is 12.1. The van der Waals surface area contributed by atoms with Crippen molar-refractivity contribution in [2.75, 3.05) is 13.1 Å². The van der Waals surface area contributed by atoms with Crippen molar-refractivity contribution in [2.24, 2.45) is 11.7 Å². The van der Waals surface area contributed by atoms with Gasteiger partial charge < -0.3 is 20.7 Å². The molecule has 3 N–H and O–H groups in total. The largest absolute Gasteiger partial charge is 0.444 e. The zero-order valence-corrected chi connectivity index (χ0v) is 14.5. The highest BCUT2D eigenvalue weighted by Gasteiger charge is 2.28. The molecular weight excluding hydrogens is 282 g/mol. The molecule has 2 unspecified atom stereocenters. The molecule has 1 saturated heterocycles. The van der Waals surface area contributed by atoms with Gasteiger partial charge in [-0.1, -0.05) is 13.8 Å². The summed E-state index contributed by atoms with van der Waals surface area (Å²) in [7, 11) is 0. The molecule has 1 fully saturated rings. The van der Waals surface area contributed by atoms with E-state index >= 15 is 0 Å². The van der Waals surface area contributed by atoms with Crippen LogP contribution in [0.5, 0.6) is 0 Å². The Bertz CT molecular complexity index is 391. The summed E-state index contributed by atoms with van der Waals surface area (Å²) in [5.41, 5.74) is 4.98. The Hall–Kier alpha value is -1.30. The normalized spacial score (nSPS) is 21.4. The van der Waals surface area contributed by atoms with Crippen LogP contribution >= 0.6 is 0 Å². The van der Waals surface area contributed by atoms with Gasteiger partial charge in [0.1, 0.15) is 5.60 Å². The molecule has 0 aromatic rings. The van der Waals surface area contributed by atoms with E-state index in [1.165, 1.54) is 0 Å². The molecule has 1 aliphatic heterocycles. The molecule has 1 heterocycles. The number of hydrogen-bond acceptors (Lipinski definition) is 4. The highest BCUT2D eigenvalue weighted by Crippen LogP contribution is 2.16. The fourth-order valence-electron chi connectivity index (χ4n) is 2.63. The summed E-state index contributed by atoms with van der Waals surface area (Å²) in [6, 6.07) is -0.120. The van der Waals surface area contributed by atoms with Gasteiger partial charge in [-0.15, -0.1) is 0 Å². The number of ether oxygens (including phenoxy) is 1. The van der Waals surface area contributed by atoms with Gasteiger partial charge >= 0.3 is 6.09 Å². The van der Waals surface area contributed by atoms with E-state index < -0.39 is 5.60 Å². The Morgan fingerprint density at radius 3 is 2.36 bits per heavy atom. The van der Waals surface area contributed by atoms with Crippen molar-refractivity contribution in [3.8, 4) is 0 Å². The second-order valence-electron chi connectivity index (χ2n) is 7.39. The van der Waals surface area contributed by atoms with Crippen LogP contribution in [-0.4, -0.2) is 47.7 Å². The van der Waals surface area contributed by atoms with Crippen LogP contribution in [-0.2, 0) is 9.53 Å². The molecular formula is C16H31N3O3. The predicted molar refractivity (Wildman–Crippen MR) is 86.4 cm³/mol. The maximum Gasteiger partial charge on any atom is 0.410 e. The van der Waals surface area contributed by atoms with E-state index in [1.807, 2.05) is 34.6 Å². The van der Waals surface area contributed by atoms with Crippen molar-refractivity contribution >= 4 is 12.0 Å². The van der Waals surface area contributed by atoms with Gasteiger partial charge in [0.25, 0.3) is 0 Å². The van der Waals surface area contributed by atoms with Gasteiger partial charge in [0.05, 0.1) is 6.04 Å². The number of nitrogens with one attached hydrogen (secondary N) is 1. The summed E-state index contributed by atoms with van der Waals surface area (Å²) in [4.78, 5) is 25.4. The van der Waals surface area contributed by atoms with E-state index in [2.05, 4.69) is 5.32 Å². The molecule has 0 radical (unpaired) electrons. The predicted octanol–water partition coefficient (Wildman–Crippen LogP) is 1.88. The van der Waals surface area contributed by atoms with E-state index in [0.717, 1.165) is 19.3 Å². The van der Waals surface area contributed by atoms with Crippen LogP contribution < -0.4 is 11.1 Å². The lowest BCUT2D eigenvalue weighted by molar-refractivity contribution is -0.121. The van der Waals surface area contributed by atoms with Crippen molar-refractivity contribution < 1.29 is 14.3 Å². The minimum absolute atomic E-state index is 0.155. The van der Waals surface area contributed by atoms with Crippen LogP contribution in [0.1, 0.15) is 53.9 Å². The van der Waals surface area contributed by atoms with E-state index in [1.54, 1.807) is 4.90 Å². The summed E-state index contributed by atoms with van der Waals surface area (Å²) in [5, 5.41) is 3.35. The number of amides is 2. The highest BCUT2D eigenvalue weighted by molar-refractivity contribution is 5.80. The monoisotopic (exact) mass is 313 g/mol. The molecule has 6 heteroatoms. The first-order valence-electron chi connectivity index (χ1n) is 8.13. The van der Waals surface area contributed by atoms with Gasteiger partial charge in [-0.05, 0) is 46.0 Å². The topological polar surface area (TPSA) is 84.7 Å². The number of carbonyl (C=O) groups is 2. The molecule has 2 atom stereocenters. The Morgan fingerprint density at radius 1 is 1.23 bits per heavy atom. The SMILES string of the molecule is CC(C)C(NC1CCCN(C(=O)OC(C)(C)C)CC1)C(N)=O. The molecule has 1 rings (SSSR count). The summed E-state index contributed by atoms with van der Waals surface area (Å²) in [6.07, 6.45) is 2.36. The molecule has 128 valence electrons. The third kappa shape index (κ3) is 6.22. The van der Waals surface area contributed by atoms with Gasteiger partial charge in [-0.2, -0.15) is 0 Å². The molecule has 0 saturated carbocycles. The zero-order chi connectivity index (χ0) is 16.9. The van der Waals surface area contributed by atoms with Crippen LogP contribution in [0.25, 0.3) is 0 Å². The zero-order valence-electron chi connectivity index (χ0n) is 14.5. The Kier molecular flexibility index (Phi) is 6.66. The van der Waals surface area contributed by atoms with Crippen LogP contribution in [0.15, 0.2) is 0 Å². The van der Waals surface area contributed by atoms with Gasteiger partial charge in [-0.25, -0.2) is 4.79 Å². The lowest BCUT2D eigenvalue weighted by Crippen LogP contribution is -2.49. The van der Waals surface area contributed by atoms with E-state index in [0.29, 0.717) is 13.1 Å². The van der Waals surface area contributed by atoms with Crippen LogP contribution in [0.2, 0.25) is 0 Å². The number of likely N-dealkylation sites (tertiary alicyclic amines) is 1. The Labute approximate surface area is 133 Å². The van der Waals surface area contributed by atoms with Crippen molar-refractivity contribution in [3.63, 3.8) is 0 Å². The summed E-state index contributed by atoms with van der Waals surface area (Å²) >= 11 is 0. The van der Waals surface area contributed by atoms with Gasteiger partial charge in [0.15, 0.2) is 0 Å². The molecule has 22 heavy (non-hydrogen) atoms. The molecule has 0 aliphatic carbocycles. The first-order valence-corrected chi connectivity index (χ1v) is 8.13. The summed E-state index contributed by atoms with van der Waals surface area (Å²) < 4.78 is 5.42. The average molecular weight is 313 g/mol. The fraction of sp³-hybridized carbons (Fsp3) is 0.875. The molecule has 0 aromatic carbocycles. The van der Waals surface area contributed by atoms with Crippen molar-refractivity contribution in [1.82, 2.24) is 10.2 Å². The van der Waals surface area contributed by atoms with Crippen LogP contribution in [0.3, 0.4) is 0 Å². The van der Waals surface area contributed by atoms with Crippen LogP contribution in [0.4, 0.5) is 4.79 Å². The smallest absolute Gasteiger partial charge is 0.410 e. The first kappa shape index (κ1) is 18.7. The van der Waals surface area contributed by atoms with E-state index in [-0.39, 0.29) is 30.0 Å². The third-order valence-electron chi connectivity index (χ3n) is 3.77. The number of primary amides is 1. The standard InChI is InChI=1S/C16H31N3O3/c1-11(2)13(14(17)20)18-12-7-6-9-19(10-8-12)15(21)22-16(3,4)5/h11-13,18H,6-10H2,1-5H3,(H2,17,20).